The molecule has 7 heteroatoms. The molecule has 23 heavy (non-hydrogen) atoms. The van der Waals surface area contributed by atoms with Gasteiger partial charge in [-0.1, -0.05) is 0 Å². The molecular weight excluding hydrogens is 296 g/mol. The lowest BCUT2D eigenvalue weighted by molar-refractivity contribution is -0.181. The van der Waals surface area contributed by atoms with Gasteiger partial charge in [0, 0.05) is 44.9 Å². The molecule has 3 saturated heterocycles. The quantitative estimate of drug-likeness (QED) is 0.816. The molecule has 0 aromatic carbocycles. The van der Waals surface area contributed by atoms with Gasteiger partial charge in [0.05, 0.1) is 19.1 Å². The third-order valence-corrected chi connectivity index (χ3v) is 5.27. The third-order valence-electron chi connectivity index (χ3n) is 5.27. The monoisotopic (exact) mass is 318 g/mol. The fraction of sp³-hybridized carbons (Fsp3) is 0.688. The van der Waals surface area contributed by atoms with Crippen molar-refractivity contribution in [3.63, 3.8) is 0 Å². The maximum atomic E-state index is 12.6. The Labute approximate surface area is 135 Å². The normalized spacial score (nSPS) is 29.7. The van der Waals surface area contributed by atoms with Crippen LogP contribution in [0, 0.1) is 0 Å². The molecule has 0 bridgehead atoms. The lowest BCUT2D eigenvalue weighted by atomic mass is 10.0. The number of hydrogen-bond acceptors (Lipinski definition) is 4. The first-order valence-corrected chi connectivity index (χ1v) is 8.42. The standard InChI is InChI=1S/C16H22N4O3/c21-14(4-1-7-18-8-2-6-17-18)19-10-5-16-13(19)12-15(22)20(16)9-3-11-23-16/h2,6,8,13H,1,3-5,7,9-12H2/t13-,16+/m1/s1. The highest BCUT2D eigenvalue weighted by molar-refractivity contribution is 5.84. The Morgan fingerprint density at radius 2 is 2.35 bits per heavy atom. The molecular formula is C16H22N4O3. The van der Waals surface area contributed by atoms with E-state index in [1.165, 1.54) is 0 Å². The van der Waals surface area contributed by atoms with Crippen LogP contribution < -0.4 is 0 Å². The second-order valence-electron chi connectivity index (χ2n) is 6.52. The van der Waals surface area contributed by atoms with Crippen molar-refractivity contribution in [3.8, 4) is 0 Å². The molecule has 0 radical (unpaired) electrons. The van der Waals surface area contributed by atoms with Gasteiger partial charge in [-0.25, -0.2) is 0 Å². The Balaban J connectivity index is 1.40. The van der Waals surface area contributed by atoms with Crippen LogP contribution in [0.25, 0.3) is 0 Å². The average molecular weight is 318 g/mol. The molecule has 2 atom stereocenters. The van der Waals surface area contributed by atoms with E-state index in [1.54, 1.807) is 6.20 Å². The summed E-state index contributed by atoms with van der Waals surface area (Å²) in [5, 5.41) is 4.15. The van der Waals surface area contributed by atoms with E-state index in [0.29, 0.717) is 26.0 Å². The highest BCUT2D eigenvalue weighted by atomic mass is 16.5. The zero-order valence-electron chi connectivity index (χ0n) is 13.2. The summed E-state index contributed by atoms with van der Waals surface area (Å²) in [6, 6.07) is 1.78. The summed E-state index contributed by atoms with van der Waals surface area (Å²) in [6.45, 7) is 2.87. The summed E-state index contributed by atoms with van der Waals surface area (Å²) in [5.41, 5.74) is -0.535. The molecule has 2 amide bonds. The summed E-state index contributed by atoms with van der Waals surface area (Å²) < 4.78 is 7.86. The first-order valence-electron chi connectivity index (χ1n) is 8.42. The summed E-state index contributed by atoms with van der Waals surface area (Å²) in [5.74, 6) is 0.256. The van der Waals surface area contributed by atoms with Gasteiger partial charge >= 0.3 is 0 Å². The molecule has 4 heterocycles. The lowest BCUT2D eigenvalue weighted by Crippen LogP contribution is -2.56. The van der Waals surface area contributed by atoms with E-state index in [9.17, 15) is 9.59 Å². The second kappa shape index (κ2) is 5.63. The number of hydrogen-bond donors (Lipinski definition) is 0. The molecule has 1 spiro atoms. The SMILES string of the molecule is O=C(CCCn1cccn1)N1CC[C@@]23OCCCN2C(=O)C[C@@H]13. The predicted molar refractivity (Wildman–Crippen MR) is 81.2 cm³/mol. The molecule has 3 aliphatic heterocycles. The Bertz CT molecular complexity index is 602. The third kappa shape index (κ3) is 2.34. The maximum Gasteiger partial charge on any atom is 0.227 e. The molecule has 4 rings (SSSR count). The van der Waals surface area contributed by atoms with E-state index in [2.05, 4.69) is 5.10 Å². The molecule has 3 aliphatic rings. The fourth-order valence-corrected chi connectivity index (χ4v) is 4.22. The number of amides is 2. The van der Waals surface area contributed by atoms with Gasteiger partial charge in [-0.2, -0.15) is 5.10 Å². The Morgan fingerprint density at radius 3 is 3.17 bits per heavy atom. The van der Waals surface area contributed by atoms with Gasteiger partial charge in [0.15, 0.2) is 5.72 Å². The molecule has 0 N–H and O–H groups in total. The van der Waals surface area contributed by atoms with Crippen molar-refractivity contribution in [1.29, 1.82) is 0 Å². The van der Waals surface area contributed by atoms with E-state index in [-0.39, 0.29) is 17.9 Å². The Kier molecular flexibility index (Phi) is 3.60. The summed E-state index contributed by atoms with van der Waals surface area (Å²) in [4.78, 5) is 28.6. The minimum Gasteiger partial charge on any atom is -0.353 e. The molecule has 0 aliphatic carbocycles. The number of likely N-dealkylation sites (tertiary alicyclic amines) is 1. The molecule has 1 aromatic rings. The van der Waals surface area contributed by atoms with Crippen molar-refractivity contribution in [3.05, 3.63) is 18.5 Å². The van der Waals surface area contributed by atoms with Gasteiger partial charge in [0.2, 0.25) is 11.8 Å². The first-order chi connectivity index (χ1) is 11.2. The second-order valence-corrected chi connectivity index (χ2v) is 6.52. The number of carbonyl (C=O) groups excluding carboxylic acids is 2. The van der Waals surface area contributed by atoms with Crippen molar-refractivity contribution in [2.24, 2.45) is 0 Å². The van der Waals surface area contributed by atoms with E-state index < -0.39 is 5.72 Å². The maximum absolute atomic E-state index is 12.6. The number of aromatic nitrogens is 2. The van der Waals surface area contributed by atoms with Crippen molar-refractivity contribution in [2.75, 3.05) is 19.7 Å². The van der Waals surface area contributed by atoms with Crippen LogP contribution in [-0.2, 0) is 20.9 Å². The highest BCUT2D eigenvalue weighted by Crippen LogP contribution is 2.45. The van der Waals surface area contributed by atoms with Crippen LogP contribution in [0.1, 0.15) is 32.1 Å². The topological polar surface area (TPSA) is 67.7 Å². The van der Waals surface area contributed by atoms with Gasteiger partial charge < -0.3 is 14.5 Å². The van der Waals surface area contributed by atoms with Crippen LogP contribution in [0.15, 0.2) is 18.5 Å². The number of nitrogens with zero attached hydrogens (tertiary/aromatic N) is 4. The Morgan fingerprint density at radius 1 is 1.43 bits per heavy atom. The van der Waals surface area contributed by atoms with Crippen molar-refractivity contribution in [1.82, 2.24) is 19.6 Å². The molecule has 0 saturated carbocycles. The molecule has 124 valence electrons. The van der Waals surface area contributed by atoms with E-state index in [4.69, 9.17) is 4.74 Å². The molecule has 3 fully saturated rings. The van der Waals surface area contributed by atoms with Gasteiger partial charge in [-0.05, 0) is 18.9 Å². The zero-order chi connectivity index (χ0) is 15.9. The predicted octanol–water partition coefficient (Wildman–Crippen LogP) is 0.613. The van der Waals surface area contributed by atoms with Crippen LogP contribution in [-0.4, -0.2) is 62.9 Å². The highest BCUT2D eigenvalue weighted by Gasteiger charge is 2.61. The van der Waals surface area contributed by atoms with Gasteiger partial charge in [0.1, 0.15) is 0 Å². The smallest absolute Gasteiger partial charge is 0.227 e. The van der Waals surface area contributed by atoms with Crippen molar-refractivity contribution in [2.45, 2.75) is 50.4 Å². The summed E-state index contributed by atoms with van der Waals surface area (Å²) in [7, 11) is 0. The summed E-state index contributed by atoms with van der Waals surface area (Å²) >= 11 is 0. The van der Waals surface area contributed by atoms with Crippen LogP contribution in [0.4, 0.5) is 0 Å². The van der Waals surface area contributed by atoms with Crippen molar-refractivity contribution < 1.29 is 14.3 Å². The lowest BCUT2D eigenvalue weighted by Gasteiger charge is -2.42. The van der Waals surface area contributed by atoms with Crippen LogP contribution >= 0.6 is 0 Å². The minimum absolute atomic E-state index is 0.104. The summed E-state index contributed by atoms with van der Waals surface area (Å²) in [6.07, 6.45) is 6.93. The largest absolute Gasteiger partial charge is 0.353 e. The van der Waals surface area contributed by atoms with Gasteiger partial charge in [-0.15, -0.1) is 0 Å². The van der Waals surface area contributed by atoms with E-state index >= 15 is 0 Å². The zero-order valence-corrected chi connectivity index (χ0v) is 13.2. The van der Waals surface area contributed by atoms with Crippen LogP contribution in [0.3, 0.4) is 0 Å². The fourth-order valence-electron chi connectivity index (χ4n) is 4.22. The van der Waals surface area contributed by atoms with Gasteiger partial charge in [-0.3, -0.25) is 14.3 Å². The van der Waals surface area contributed by atoms with Gasteiger partial charge in [0.25, 0.3) is 0 Å². The molecule has 1 aromatic heterocycles. The van der Waals surface area contributed by atoms with E-state index in [1.807, 2.05) is 26.7 Å². The Hall–Kier alpha value is -1.89. The van der Waals surface area contributed by atoms with Crippen molar-refractivity contribution >= 4 is 11.8 Å². The number of aryl methyl sites for hydroxylation is 1. The number of ether oxygens (including phenoxy) is 1. The van der Waals surface area contributed by atoms with E-state index in [0.717, 1.165) is 32.4 Å². The number of carbonyl (C=O) groups is 2. The first kappa shape index (κ1) is 14.7. The number of rotatable bonds is 4. The molecule has 7 nitrogen and oxygen atoms in total. The van der Waals surface area contributed by atoms with Crippen LogP contribution in [0.5, 0.6) is 0 Å². The minimum atomic E-state index is -0.535. The average Bonchev–Trinajstić information content (AvgIpc) is 3.23. The van der Waals surface area contributed by atoms with Crippen LogP contribution in [0.2, 0.25) is 0 Å². The molecule has 0 unspecified atom stereocenters.